The van der Waals surface area contributed by atoms with Gasteiger partial charge in [-0.2, -0.15) is 0 Å². The molecular formula is C16H19BrFNO2. The first-order chi connectivity index (χ1) is 10.1. The Morgan fingerprint density at radius 1 is 1.33 bits per heavy atom. The van der Waals surface area contributed by atoms with E-state index in [-0.39, 0.29) is 12.4 Å². The van der Waals surface area contributed by atoms with Crippen molar-refractivity contribution in [2.24, 2.45) is 5.92 Å². The second kappa shape index (κ2) is 7.61. The van der Waals surface area contributed by atoms with Gasteiger partial charge in [0.2, 0.25) is 0 Å². The minimum Gasteiger partial charge on any atom is -0.484 e. The molecule has 0 aliphatic carbocycles. The van der Waals surface area contributed by atoms with Gasteiger partial charge >= 0.3 is 0 Å². The standard InChI is InChI=1S/C16H19BrFNO2/c1-11(2)8-19-9-12-5-6-20-16(12)10-21-15-7-13(18)3-4-14(15)17/h3-7,11,19H,8-10H2,1-2H3. The van der Waals surface area contributed by atoms with Crippen LogP contribution in [0.4, 0.5) is 4.39 Å². The maximum absolute atomic E-state index is 13.2. The van der Waals surface area contributed by atoms with Gasteiger partial charge in [0.15, 0.2) is 0 Å². The van der Waals surface area contributed by atoms with Gasteiger partial charge in [-0.1, -0.05) is 13.8 Å². The Kier molecular flexibility index (Phi) is 5.82. The predicted molar refractivity (Wildman–Crippen MR) is 83.7 cm³/mol. The van der Waals surface area contributed by atoms with Gasteiger partial charge in [-0.05, 0) is 46.6 Å². The Morgan fingerprint density at radius 2 is 2.14 bits per heavy atom. The highest BCUT2D eigenvalue weighted by atomic mass is 79.9. The number of hydrogen-bond acceptors (Lipinski definition) is 3. The van der Waals surface area contributed by atoms with E-state index < -0.39 is 0 Å². The fourth-order valence-electron chi connectivity index (χ4n) is 1.88. The second-order valence-electron chi connectivity index (χ2n) is 5.26. The smallest absolute Gasteiger partial charge is 0.146 e. The van der Waals surface area contributed by atoms with Gasteiger partial charge in [-0.25, -0.2) is 4.39 Å². The molecule has 1 aromatic carbocycles. The number of benzene rings is 1. The van der Waals surface area contributed by atoms with Crippen LogP contribution in [0.15, 0.2) is 39.4 Å². The molecule has 0 saturated heterocycles. The number of ether oxygens (including phenoxy) is 1. The summed E-state index contributed by atoms with van der Waals surface area (Å²) in [5.74, 6) is 1.49. The first-order valence-electron chi connectivity index (χ1n) is 6.90. The predicted octanol–water partition coefficient (Wildman–Crippen LogP) is 4.51. The maximum atomic E-state index is 13.2. The van der Waals surface area contributed by atoms with E-state index in [9.17, 15) is 4.39 Å². The van der Waals surface area contributed by atoms with E-state index in [1.165, 1.54) is 12.1 Å². The molecule has 2 aromatic rings. The zero-order valence-electron chi connectivity index (χ0n) is 12.2. The van der Waals surface area contributed by atoms with Gasteiger partial charge < -0.3 is 14.5 Å². The Labute approximate surface area is 132 Å². The van der Waals surface area contributed by atoms with Crippen LogP contribution in [0.2, 0.25) is 0 Å². The number of nitrogens with one attached hydrogen (secondary N) is 1. The van der Waals surface area contributed by atoms with Gasteiger partial charge in [0, 0.05) is 18.2 Å². The summed E-state index contributed by atoms with van der Waals surface area (Å²) in [5.41, 5.74) is 1.06. The van der Waals surface area contributed by atoms with Crippen molar-refractivity contribution in [3.05, 3.63) is 52.1 Å². The lowest BCUT2D eigenvalue weighted by atomic mass is 10.2. The molecule has 2 rings (SSSR count). The summed E-state index contributed by atoms with van der Waals surface area (Å²) in [6.45, 7) is 6.27. The molecule has 1 N–H and O–H groups in total. The van der Waals surface area contributed by atoms with Gasteiger partial charge in [0.05, 0.1) is 10.7 Å². The molecule has 5 heteroatoms. The number of rotatable bonds is 7. The fraction of sp³-hybridized carbons (Fsp3) is 0.375. The quantitative estimate of drug-likeness (QED) is 0.793. The number of halogens is 2. The van der Waals surface area contributed by atoms with Crippen molar-refractivity contribution < 1.29 is 13.5 Å². The van der Waals surface area contributed by atoms with Gasteiger partial charge in [-0.15, -0.1) is 0 Å². The molecular weight excluding hydrogens is 337 g/mol. The summed E-state index contributed by atoms with van der Waals surface area (Å²) in [6.07, 6.45) is 1.64. The van der Waals surface area contributed by atoms with E-state index in [0.29, 0.717) is 11.7 Å². The van der Waals surface area contributed by atoms with Crippen molar-refractivity contribution in [1.82, 2.24) is 5.32 Å². The Bertz CT molecular complexity index is 583. The van der Waals surface area contributed by atoms with Crippen LogP contribution in [0, 0.1) is 11.7 Å². The van der Waals surface area contributed by atoms with E-state index in [4.69, 9.17) is 9.15 Å². The number of furan rings is 1. The van der Waals surface area contributed by atoms with Gasteiger partial charge in [-0.3, -0.25) is 0 Å². The van der Waals surface area contributed by atoms with Crippen LogP contribution in [0.1, 0.15) is 25.2 Å². The van der Waals surface area contributed by atoms with Crippen LogP contribution in [0.5, 0.6) is 5.75 Å². The van der Waals surface area contributed by atoms with Crippen LogP contribution in [0.3, 0.4) is 0 Å². The summed E-state index contributed by atoms with van der Waals surface area (Å²) in [4.78, 5) is 0. The van der Waals surface area contributed by atoms with Crippen LogP contribution < -0.4 is 10.1 Å². The van der Waals surface area contributed by atoms with Crippen LogP contribution in [0.25, 0.3) is 0 Å². The number of hydrogen-bond donors (Lipinski definition) is 1. The molecule has 1 aromatic heterocycles. The largest absolute Gasteiger partial charge is 0.484 e. The second-order valence-corrected chi connectivity index (χ2v) is 6.11. The molecule has 1 heterocycles. The van der Waals surface area contributed by atoms with Crippen LogP contribution in [-0.2, 0) is 13.2 Å². The lowest BCUT2D eigenvalue weighted by molar-refractivity contribution is 0.265. The Morgan fingerprint density at radius 3 is 2.90 bits per heavy atom. The molecule has 0 saturated carbocycles. The van der Waals surface area contributed by atoms with Crippen molar-refractivity contribution in [3.8, 4) is 5.75 Å². The van der Waals surface area contributed by atoms with E-state index in [1.54, 1.807) is 12.3 Å². The third-order valence-corrected chi connectivity index (χ3v) is 3.61. The van der Waals surface area contributed by atoms with E-state index in [0.717, 1.165) is 28.9 Å². The fourth-order valence-corrected chi connectivity index (χ4v) is 2.24. The van der Waals surface area contributed by atoms with Crippen molar-refractivity contribution >= 4 is 15.9 Å². The third kappa shape index (κ3) is 4.86. The molecule has 0 unspecified atom stereocenters. The van der Waals surface area contributed by atoms with Gasteiger partial charge in [0.1, 0.15) is 23.9 Å². The summed E-state index contributed by atoms with van der Waals surface area (Å²) < 4.78 is 25.0. The minimum absolute atomic E-state index is 0.272. The summed E-state index contributed by atoms with van der Waals surface area (Å²) >= 11 is 3.34. The zero-order chi connectivity index (χ0) is 15.2. The summed E-state index contributed by atoms with van der Waals surface area (Å²) in [5, 5.41) is 3.36. The molecule has 0 bridgehead atoms. The molecule has 0 aliphatic heterocycles. The molecule has 0 fully saturated rings. The highest BCUT2D eigenvalue weighted by Crippen LogP contribution is 2.26. The highest BCUT2D eigenvalue weighted by Gasteiger charge is 2.09. The summed E-state index contributed by atoms with van der Waals surface area (Å²) in [7, 11) is 0. The van der Waals surface area contributed by atoms with Crippen molar-refractivity contribution in [1.29, 1.82) is 0 Å². The Hall–Kier alpha value is -1.33. The first-order valence-corrected chi connectivity index (χ1v) is 7.69. The monoisotopic (exact) mass is 355 g/mol. The molecule has 0 amide bonds. The maximum Gasteiger partial charge on any atom is 0.146 e. The highest BCUT2D eigenvalue weighted by molar-refractivity contribution is 9.10. The Balaban J connectivity index is 1.94. The minimum atomic E-state index is -0.327. The molecule has 21 heavy (non-hydrogen) atoms. The molecule has 3 nitrogen and oxygen atoms in total. The van der Waals surface area contributed by atoms with Crippen molar-refractivity contribution in [2.75, 3.05) is 6.54 Å². The molecule has 114 valence electrons. The van der Waals surface area contributed by atoms with E-state index in [1.807, 2.05) is 6.07 Å². The third-order valence-electron chi connectivity index (χ3n) is 2.96. The topological polar surface area (TPSA) is 34.4 Å². The van der Waals surface area contributed by atoms with E-state index >= 15 is 0 Å². The summed E-state index contributed by atoms with van der Waals surface area (Å²) in [6, 6.07) is 6.28. The van der Waals surface area contributed by atoms with E-state index in [2.05, 4.69) is 35.1 Å². The lowest BCUT2D eigenvalue weighted by Crippen LogP contribution is -2.19. The molecule has 0 spiro atoms. The lowest BCUT2D eigenvalue weighted by Gasteiger charge is -2.09. The average molecular weight is 356 g/mol. The average Bonchev–Trinajstić information content (AvgIpc) is 2.87. The SMILES string of the molecule is CC(C)CNCc1ccoc1COc1cc(F)ccc1Br. The van der Waals surface area contributed by atoms with Crippen molar-refractivity contribution in [2.45, 2.75) is 27.0 Å². The van der Waals surface area contributed by atoms with Crippen LogP contribution in [-0.4, -0.2) is 6.54 Å². The molecule has 0 radical (unpaired) electrons. The normalized spacial score (nSPS) is 11.1. The first kappa shape index (κ1) is 16.0. The molecule has 0 atom stereocenters. The zero-order valence-corrected chi connectivity index (χ0v) is 13.7. The van der Waals surface area contributed by atoms with Crippen molar-refractivity contribution in [3.63, 3.8) is 0 Å². The van der Waals surface area contributed by atoms with Gasteiger partial charge in [0.25, 0.3) is 0 Å². The molecule has 0 aliphatic rings. The van der Waals surface area contributed by atoms with Crippen LogP contribution >= 0.6 is 15.9 Å².